The van der Waals surface area contributed by atoms with Gasteiger partial charge in [-0.15, -0.1) is 0 Å². The van der Waals surface area contributed by atoms with Gasteiger partial charge < -0.3 is 9.84 Å². The molecule has 2 rings (SSSR count). The maximum absolute atomic E-state index is 10.0. The molecule has 0 spiro atoms. The van der Waals surface area contributed by atoms with Crippen molar-refractivity contribution in [2.75, 3.05) is 7.11 Å². The minimum absolute atomic E-state index is 0.0838. The maximum Gasteiger partial charge on any atom is 0.118 e. The molecule has 2 nitrogen and oxygen atoms in total. The van der Waals surface area contributed by atoms with Crippen LogP contribution in [0, 0.1) is 11.8 Å². The third kappa shape index (κ3) is 3.49. The smallest absolute Gasteiger partial charge is 0.118 e. The zero-order valence-corrected chi connectivity index (χ0v) is 11.4. The average molecular weight is 248 g/mol. The quantitative estimate of drug-likeness (QED) is 0.884. The number of benzene rings is 1. The molecule has 0 bridgehead atoms. The molecule has 0 saturated heterocycles. The van der Waals surface area contributed by atoms with E-state index >= 15 is 0 Å². The molecule has 100 valence electrons. The fraction of sp³-hybridized carbons (Fsp3) is 0.625. The predicted octanol–water partition coefficient (Wildman–Crippen LogP) is 3.42. The van der Waals surface area contributed by atoms with Crippen molar-refractivity contribution in [1.82, 2.24) is 0 Å². The topological polar surface area (TPSA) is 29.5 Å². The molecule has 18 heavy (non-hydrogen) atoms. The number of rotatable bonds is 4. The number of aliphatic hydroxyl groups is 1. The summed E-state index contributed by atoms with van der Waals surface area (Å²) in [5, 5.41) is 10.0. The van der Waals surface area contributed by atoms with Crippen molar-refractivity contribution < 1.29 is 9.84 Å². The Hall–Kier alpha value is -1.02. The summed E-state index contributed by atoms with van der Waals surface area (Å²) in [6, 6.07) is 8.26. The first-order valence-corrected chi connectivity index (χ1v) is 7.00. The molecule has 0 radical (unpaired) electrons. The number of hydrogen-bond donors (Lipinski definition) is 1. The van der Waals surface area contributed by atoms with Gasteiger partial charge in [0.25, 0.3) is 0 Å². The fourth-order valence-electron chi connectivity index (χ4n) is 2.94. The first-order valence-electron chi connectivity index (χ1n) is 7.00. The normalized spacial score (nSPS) is 28.1. The van der Waals surface area contributed by atoms with Crippen molar-refractivity contribution in [3.05, 3.63) is 29.8 Å². The fourth-order valence-corrected chi connectivity index (χ4v) is 2.94. The van der Waals surface area contributed by atoms with Crippen LogP contribution >= 0.6 is 0 Å². The molecular formula is C16H24O2. The van der Waals surface area contributed by atoms with Crippen LogP contribution in [0.5, 0.6) is 5.75 Å². The molecule has 1 aliphatic rings. The van der Waals surface area contributed by atoms with E-state index in [2.05, 4.69) is 19.1 Å². The highest BCUT2D eigenvalue weighted by molar-refractivity contribution is 5.27. The minimum atomic E-state index is -0.0838. The van der Waals surface area contributed by atoms with Gasteiger partial charge in [-0.2, -0.15) is 0 Å². The Morgan fingerprint density at radius 2 is 1.94 bits per heavy atom. The van der Waals surface area contributed by atoms with E-state index in [1.54, 1.807) is 7.11 Å². The first-order chi connectivity index (χ1) is 8.69. The molecule has 3 atom stereocenters. The second-order valence-corrected chi connectivity index (χ2v) is 5.63. The summed E-state index contributed by atoms with van der Waals surface area (Å²) in [6.07, 6.45) is 5.40. The molecule has 1 N–H and O–H groups in total. The van der Waals surface area contributed by atoms with Crippen molar-refractivity contribution in [1.29, 1.82) is 0 Å². The molecule has 0 amide bonds. The van der Waals surface area contributed by atoms with Gasteiger partial charge in [-0.25, -0.2) is 0 Å². The molecule has 1 aliphatic carbocycles. The highest BCUT2D eigenvalue weighted by Gasteiger charge is 2.26. The van der Waals surface area contributed by atoms with Gasteiger partial charge >= 0.3 is 0 Å². The van der Waals surface area contributed by atoms with E-state index in [0.29, 0.717) is 5.92 Å². The molecule has 3 unspecified atom stereocenters. The van der Waals surface area contributed by atoms with E-state index in [4.69, 9.17) is 4.74 Å². The van der Waals surface area contributed by atoms with Gasteiger partial charge in [0.1, 0.15) is 5.75 Å². The molecule has 1 aromatic carbocycles. The van der Waals surface area contributed by atoms with Gasteiger partial charge in [-0.05, 0) is 61.6 Å². The average Bonchev–Trinajstić information content (AvgIpc) is 2.40. The molecule has 1 saturated carbocycles. The molecule has 0 aromatic heterocycles. The number of methoxy groups -OCH3 is 1. The summed E-state index contributed by atoms with van der Waals surface area (Å²) in [5.41, 5.74) is 1.33. The lowest BCUT2D eigenvalue weighted by atomic mass is 9.78. The lowest BCUT2D eigenvalue weighted by molar-refractivity contribution is 0.0476. The third-order valence-electron chi connectivity index (χ3n) is 4.17. The van der Waals surface area contributed by atoms with E-state index in [-0.39, 0.29) is 6.10 Å². The number of aliphatic hydroxyl groups excluding tert-OH is 1. The molecule has 1 aromatic rings. The van der Waals surface area contributed by atoms with Crippen molar-refractivity contribution in [3.8, 4) is 5.75 Å². The van der Waals surface area contributed by atoms with Gasteiger partial charge in [0, 0.05) is 0 Å². The van der Waals surface area contributed by atoms with Crippen molar-refractivity contribution in [3.63, 3.8) is 0 Å². The van der Waals surface area contributed by atoms with Crippen LogP contribution in [0.2, 0.25) is 0 Å². The van der Waals surface area contributed by atoms with E-state index in [1.165, 1.54) is 18.4 Å². The molecule has 1 fully saturated rings. The lowest BCUT2D eigenvalue weighted by Gasteiger charge is -2.31. The Balaban J connectivity index is 1.86. The molecule has 2 heteroatoms. The highest BCUT2D eigenvalue weighted by Crippen LogP contribution is 2.32. The second-order valence-electron chi connectivity index (χ2n) is 5.63. The van der Waals surface area contributed by atoms with Gasteiger partial charge in [0.2, 0.25) is 0 Å². The molecule has 0 heterocycles. The monoisotopic (exact) mass is 248 g/mol. The van der Waals surface area contributed by atoms with Crippen LogP contribution in [0.3, 0.4) is 0 Å². The minimum Gasteiger partial charge on any atom is -0.497 e. The van der Waals surface area contributed by atoms with Crippen LogP contribution in [0.1, 0.15) is 38.2 Å². The highest BCUT2D eigenvalue weighted by atomic mass is 16.5. The zero-order valence-electron chi connectivity index (χ0n) is 11.4. The van der Waals surface area contributed by atoms with Crippen LogP contribution in [-0.2, 0) is 6.42 Å². The second kappa shape index (κ2) is 6.24. The number of aryl methyl sites for hydroxylation is 1. The Bertz CT molecular complexity index is 358. The summed E-state index contributed by atoms with van der Waals surface area (Å²) in [4.78, 5) is 0. The summed E-state index contributed by atoms with van der Waals surface area (Å²) < 4.78 is 5.15. The van der Waals surface area contributed by atoms with Crippen LogP contribution < -0.4 is 4.74 Å². The largest absolute Gasteiger partial charge is 0.497 e. The van der Waals surface area contributed by atoms with E-state index in [1.807, 2.05) is 12.1 Å². The van der Waals surface area contributed by atoms with Crippen molar-refractivity contribution in [2.24, 2.45) is 11.8 Å². The summed E-state index contributed by atoms with van der Waals surface area (Å²) >= 11 is 0. The number of ether oxygens (including phenoxy) is 1. The van der Waals surface area contributed by atoms with Crippen LogP contribution in [0.25, 0.3) is 0 Å². The third-order valence-corrected chi connectivity index (χ3v) is 4.17. The summed E-state index contributed by atoms with van der Waals surface area (Å²) in [5.74, 6) is 2.16. The van der Waals surface area contributed by atoms with Gasteiger partial charge in [0.05, 0.1) is 13.2 Å². The van der Waals surface area contributed by atoms with E-state index in [9.17, 15) is 5.11 Å². The van der Waals surface area contributed by atoms with Crippen molar-refractivity contribution >= 4 is 0 Å². The van der Waals surface area contributed by atoms with Crippen LogP contribution in [0.15, 0.2) is 24.3 Å². The van der Waals surface area contributed by atoms with Crippen molar-refractivity contribution in [2.45, 2.75) is 45.1 Å². The Morgan fingerprint density at radius 1 is 1.22 bits per heavy atom. The Kier molecular flexibility index (Phi) is 4.65. The Morgan fingerprint density at radius 3 is 2.61 bits per heavy atom. The summed E-state index contributed by atoms with van der Waals surface area (Å²) in [7, 11) is 1.69. The standard InChI is InChI=1S/C16H24O2/c1-12-3-10-16(17)14(11-12)7-4-13-5-8-15(18-2)9-6-13/h5-6,8-9,12,14,16-17H,3-4,7,10-11H2,1-2H3. The number of hydrogen-bond acceptors (Lipinski definition) is 2. The first kappa shape index (κ1) is 13.4. The van der Waals surface area contributed by atoms with Gasteiger partial charge in [0.15, 0.2) is 0 Å². The zero-order chi connectivity index (χ0) is 13.0. The van der Waals surface area contributed by atoms with Crippen LogP contribution in [0.4, 0.5) is 0 Å². The SMILES string of the molecule is COc1ccc(CCC2CC(C)CCC2O)cc1. The van der Waals surface area contributed by atoms with Crippen LogP contribution in [-0.4, -0.2) is 18.3 Å². The van der Waals surface area contributed by atoms with E-state index in [0.717, 1.165) is 30.9 Å². The molecule has 0 aliphatic heterocycles. The van der Waals surface area contributed by atoms with Gasteiger partial charge in [-0.1, -0.05) is 19.1 Å². The van der Waals surface area contributed by atoms with Gasteiger partial charge in [-0.3, -0.25) is 0 Å². The predicted molar refractivity (Wildman–Crippen MR) is 73.8 cm³/mol. The lowest BCUT2D eigenvalue weighted by Crippen LogP contribution is -2.28. The Labute approximate surface area is 110 Å². The maximum atomic E-state index is 10.0. The molecular weight excluding hydrogens is 224 g/mol. The summed E-state index contributed by atoms with van der Waals surface area (Å²) in [6.45, 7) is 2.30. The van der Waals surface area contributed by atoms with E-state index < -0.39 is 0 Å².